The number of benzene rings is 1. The van der Waals surface area contributed by atoms with E-state index in [1.54, 1.807) is 12.4 Å². The summed E-state index contributed by atoms with van der Waals surface area (Å²) in [7, 11) is 0. The Balaban J connectivity index is 2.04. The largest absolute Gasteiger partial charge is 0.347 e. The molecule has 4 heteroatoms. The van der Waals surface area contributed by atoms with Crippen molar-refractivity contribution in [1.82, 2.24) is 15.3 Å². The number of amides is 1. The Hall–Kier alpha value is -2.10. The molecular weight excluding hydrogens is 214 g/mol. The summed E-state index contributed by atoms with van der Waals surface area (Å²) in [4.78, 5) is 18.9. The SMILES string of the molecule is Cc1ccc(C(=O)NCc2ncc[nH]2)c(C)c1. The van der Waals surface area contributed by atoms with Crippen molar-refractivity contribution in [2.24, 2.45) is 0 Å². The van der Waals surface area contributed by atoms with Gasteiger partial charge in [0, 0.05) is 18.0 Å². The van der Waals surface area contributed by atoms with Crippen LogP contribution in [0.4, 0.5) is 0 Å². The van der Waals surface area contributed by atoms with Crippen molar-refractivity contribution in [1.29, 1.82) is 0 Å². The van der Waals surface area contributed by atoms with Gasteiger partial charge in [0.2, 0.25) is 0 Å². The number of hydrogen-bond acceptors (Lipinski definition) is 2. The van der Waals surface area contributed by atoms with E-state index in [2.05, 4.69) is 15.3 Å². The van der Waals surface area contributed by atoms with Gasteiger partial charge in [0.15, 0.2) is 0 Å². The molecule has 0 unspecified atom stereocenters. The Labute approximate surface area is 100 Å². The van der Waals surface area contributed by atoms with Crippen LogP contribution in [-0.2, 0) is 6.54 Å². The maximum atomic E-state index is 11.9. The van der Waals surface area contributed by atoms with Gasteiger partial charge in [-0.2, -0.15) is 0 Å². The molecule has 0 aliphatic heterocycles. The van der Waals surface area contributed by atoms with Crippen LogP contribution in [-0.4, -0.2) is 15.9 Å². The molecule has 0 aliphatic rings. The highest BCUT2D eigenvalue weighted by molar-refractivity contribution is 5.95. The molecule has 0 fully saturated rings. The minimum atomic E-state index is -0.0705. The van der Waals surface area contributed by atoms with Gasteiger partial charge in [-0.15, -0.1) is 0 Å². The van der Waals surface area contributed by atoms with E-state index < -0.39 is 0 Å². The molecular formula is C13H15N3O. The number of nitrogens with zero attached hydrogens (tertiary/aromatic N) is 1. The van der Waals surface area contributed by atoms with Gasteiger partial charge >= 0.3 is 0 Å². The van der Waals surface area contributed by atoms with Crippen LogP contribution in [0.25, 0.3) is 0 Å². The summed E-state index contributed by atoms with van der Waals surface area (Å²) in [6.45, 7) is 4.37. The lowest BCUT2D eigenvalue weighted by Crippen LogP contribution is -2.24. The molecule has 2 rings (SSSR count). The van der Waals surface area contributed by atoms with Crippen molar-refractivity contribution >= 4 is 5.91 Å². The third kappa shape index (κ3) is 2.72. The Bertz CT molecular complexity index is 517. The number of hydrogen-bond donors (Lipinski definition) is 2. The van der Waals surface area contributed by atoms with Crippen LogP contribution in [0.2, 0.25) is 0 Å². The van der Waals surface area contributed by atoms with Crippen molar-refractivity contribution in [3.05, 3.63) is 53.1 Å². The standard InChI is InChI=1S/C13H15N3O/c1-9-3-4-11(10(2)7-9)13(17)16-8-12-14-5-6-15-12/h3-7H,8H2,1-2H3,(H,14,15)(H,16,17). The summed E-state index contributed by atoms with van der Waals surface area (Å²) in [5.74, 6) is 0.682. The maximum absolute atomic E-state index is 11.9. The normalized spacial score (nSPS) is 10.2. The molecule has 0 saturated heterocycles. The monoisotopic (exact) mass is 229 g/mol. The molecule has 0 radical (unpaired) electrons. The third-order valence-electron chi connectivity index (χ3n) is 2.60. The zero-order chi connectivity index (χ0) is 12.3. The highest BCUT2D eigenvalue weighted by atomic mass is 16.1. The van der Waals surface area contributed by atoms with Gasteiger partial charge in [0.05, 0.1) is 6.54 Å². The van der Waals surface area contributed by atoms with Crippen LogP contribution in [0.5, 0.6) is 0 Å². The molecule has 0 saturated carbocycles. The van der Waals surface area contributed by atoms with E-state index in [4.69, 9.17) is 0 Å². The number of carbonyl (C=O) groups excluding carboxylic acids is 1. The summed E-state index contributed by atoms with van der Waals surface area (Å²) >= 11 is 0. The molecule has 17 heavy (non-hydrogen) atoms. The van der Waals surface area contributed by atoms with E-state index in [9.17, 15) is 4.79 Å². The Morgan fingerprint density at radius 1 is 1.41 bits per heavy atom. The van der Waals surface area contributed by atoms with Crippen LogP contribution < -0.4 is 5.32 Å². The van der Waals surface area contributed by atoms with Gasteiger partial charge < -0.3 is 10.3 Å². The fourth-order valence-corrected chi connectivity index (χ4v) is 1.72. The highest BCUT2D eigenvalue weighted by Crippen LogP contribution is 2.10. The van der Waals surface area contributed by atoms with Crippen molar-refractivity contribution < 1.29 is 4.79 Å². The zero-order valence-corrected chi connectivity index (χ0v) is 9.95. The summed E-state index contributed by atoms with van der Waals surface area (Å²) in [6.07, 6.45) is 3.40. The number of aryl methyl sites for hydroxylation is 2. The van der Waals surface area contributed by atoms with Gasteiger partial charge in [0.1, 0.15) is 5.82 Å². The lowest BCUT2D eigenvalue weighted by Gasteiger charge is -2.07. The topological polar surface area (TPSA) is 57.8 Å². The minimum Gasteiger partial charge on any atom is -0.347 e. The first-order valence-electron chi connectivity index (χ1n) is 5.50. The van der Waals surface area contributed by atoms with Gasteiger partial charge in [-0.05, 0) is 25.5 Å². The molecule has 88 valence electrons. The molecule has 1 amide bonds. The zero-order valence-electron chi connectivity index (χ0n) is 9.95. The Morgan fingerprint density at radius 2 is 2.24 bits per heavy atom. The van der Waals surface area contributed by atoms with E-state index in [1.807, 2.05) is 32.0 Å². The van der Waals surface area contributed by atoms with Gasteiger partial charge in [-0.3, -0.25) is 4.79 Å². The van der Waals surface area contributed by atoms with Gasteiger partial charge in [0.25, 0.3) is 5.91 Å². The number of carbonyl (C=O) groups is 1. The van der Waals surface area contributed by atoms with Crippen molar-refractivity contribution in [3.8, 4) is 0 Å². The van der Waals surface area contributed by atoms with E-state index in [0.29, 0.717) is 12.1 Å². The molecule has 1 aromatic heterocycles. The lowest BCUT2D eigenvalue weighted by atomic mass is 10.1. The maximum Gasteiger partial charge on any atom is 0.251 e. The summed E-state index contributed by atoms with van der Waals surface area (Å²) in [5, 5.41) is 2.83. The fourth-order valence-electron chi connectivity index (χ4n) is 1.72. The van der Waals surface area contributed by atoms with Crippen molar-refractivity contribution in [2.45, 2.75) is 20.4 Å². The molecule has 0 spiro atoms. The fraction of sp³-hybridized carbons (Fsp3) is 0.231. The minimum absolute atomic E-state index is 0.0705. The van der Waals surface area contributed by atoms with Crippen molar-refractivity contribution in [2.75, 3.05) is 0 Å². The Morgan fingerprint density at radius 3 is 2.88 bits per heavy atom. The molecule has 0 bridgehead atoms. The van der Waals surface area contributed by atoms with Gasteiger partial charge in [-0.25, -0.2) is 4.98 Å². The summed E-state index contributed by atoms with van der Waals surface area (Å²) in [6, 6.07) is 5.79. The van der Waals surface area contributed by atoms with Crippen LogP contribution in [0.15, 0.2) is 30.6 Å². The number of H-pyrrole nitrogens is 1. The molecule has 1 heterocycles. The summed E-state index contributed by atoms with van der Waals surface area (Å²) < 4.78 is 0. The Kier molecular flexibility index (Phi) is 3.23. The molecule has 0 atom stereocenters. The molecule has 0 aliphatic carbocycles. The molecule has 2 aromatic rings. The molecule has 1 aromatic carbocycles. The highest BCUT2D eigenvalue weighted by Gasteiger charge is 2.08. The van der Waals surface area contributed by atoms with Crippen LogP contribution in [0.1, 0.15) is 27.3 Å². The van der Waals surface area contributed by atoms with Gasteiger partial charge in [-0.1, -0.05) is 17.7 Å². The predicted molar refractivity (Wildman–Crippen MR) is 65.7 cm³/mol. The van der Waals surface area contributed by atoms with Crippen LogP contribution >= 0.6 is 0 Å². The van der Waals surface area contributed by atoms with E-state index in [1.165, 1.54) is 0 Å². The van der Waals surface area contributed by atoms with E-state index in [-0.39, 0.29) is 5.91 Å². The quantitative estimate of drug-likeness (QED) is 0.845. The second kappa shape index (κ2) is 4.82. The van der Waals surface area contributed by atoms with Crippen LogP contribution in [0.3, 0.4) is 0 Å². The average Bonchev–Trinajstić information content (AvgIpc) is 2.78. The first-order valence-corrected chi connectivity index (χ1v) is 5.50. The smallest absolute Gasteiger partial charge is 0.251 e. The number of aromatic amines is 1. The second-order valence-corrected chi connectivity index (χ2v) is 4.04. The number of nitrogens with one attached hydrogen (secondary N) is 2. The predicted octanol–water partition coefficient (Wildman–Crippen LogP) is 1.96. The first-order chi connectivity index (χ1) is 8.16. The van der Waals surface area contributed by atoms with Crippen LogP contribution in [0, 0.1) is 13.8 Å². The second-order valence-electron chi connectivity index (χ2n) is 4.04. The van der Waals surface area contributed by atoms with Crippen molar-refractivity contribution in [3.63, 3.8) is 0 Å². The van der Waals surface area contributed by atoms with E-state index >= 15 is 0 Å². The van der Waals surface area contributed by atoms with E-state index in [0.717, 1.165) is 17.0 Å². The molecule has 2 N–H and O–H groups in total. The number of imidazole rings is 1. The number of aromatic nitrogens is 2. The first kappa shape index (κ1) is 11.4. The third-order valence-corrected chi connectivity index (χ3v) is 2.60. The number of rotatable bonds is 3. The average molecular weight is 229 g/mol. The lowest BCUT2D eigenvalue weighted by molar-refractivity contribution is 0.0949. The summed E-state index contributed by atoms with van der Waals surface area (Å²) in [5.41, 5.74) is 2.86. The molecule has 4 nitrogen and oxygen atoms in total.